The standard InChI is InChI=1S/C26H24BrN3O3/c1-4-21(29(2)25(31)17-10-9-11-18(27)16-17)24-28-20-13-6-5-12-19(20)26(32)30(24)22-14-7-8-15-23(22)33-3/h5-16,21H,4H2,1-3H3. The average Bonchev–Trinajstić information content (AvgIpc) is 2.84. The van der Waals surface area contributed by atoms with Crippen molar-refractivity contribution in [2.75, 3.05) is 14.2 Å². The highest BCUT2D eigenvalue weighted by Gasteiger charge is 2.28. The lowest BCUT2D eigenvalue weighted by molar-refractivity contribution is 0.0717. The Kier molecular flexibility index (Phi) is 6.60. The number of hydrogen-bond acceptors (Lipinski definition) is 4. The molecule has 4 rings (SSSR count). The topological polar surface area (TPSA) is 64.4 Å². The average molecular weight is 506 g/mol. The molecule has 1 atom stereocenters. The van der Waals surface area contributed by atoms with Crippen LogP contribution in [0.15, 0.2) is 82.1 Å². The number of aromatic nitrogens is 2. The van der Waals surface area contributed by atoms with Crippen LogP contribution in [0.1, 0.15) is 35.6 Å². The first-order valence-electron chi connectivity index (χ1n) is 10.6. The van der Waals surface area contributed by atoms with Crippen molar-refractivity contribution < 1.29 is 9.53 Å². The maximum Gasteiger partial charge on any atom is 0.266 e. The fourth-order valence-electron chi connectivity index (χ4n) is 4.02. The Morgan fingerprint density at radius 1 is 1.09 bits per heavy atom. The van der Waals surface area contributed by atoms with Gasteiger partial charge in [0, 0.05) is 17.1 Å². The molecule has 0 bridgehead atoms. The third kappa shape index (κ3) is 4.28. The molecule has 0 aliphatic rings. The smallest absolute Gasteiger partial charge is 0.266 e. The summed E-state index contributed by atoms with van der Waals surface area (Å²) in [6, 6.07) is 21.4. The van der Waals surface area contributed by atoms with Crippen molar-refractivity contribution >= 4 is 32.7 Å². The molecule has 0 fully saturated rings. The van der Waals surface area contributed by atoms with E-state index in [2.05, 4.69) is 15.9 Å². The Morgan fingerprint density at radius 3 is 2.55 bits per heavy atom. The Balaban J connectivity index is 1.94. The molecule has 0 spiro atoms. The predicted molar refractivity (Wildman–Crippen MR) is 133 cm³/mol. The largest absolute Gasteiger partial charge is 0.495 e. The van der Waals surface area contributed by atoms with Crippen molar-refractivity contribution in [3.05, 3.63) is 99.0 Å². The summed E-state index contributed by atoms with van der Waals surface area (Å²) >= 11 is 3.43. The van der Waals surface area contributed by atoms with Gasteiger partial charge in [-0.15, -0.1) is 0 Å². The zero-order valence-corrected chi connectivity index (χ0v) is 20.2. The first-order chi connectivity index (χ1) is 16.0. The van der Waals surface area contributed by atoms with Crippen molar-refractivity contribution in [3.8, 4) is 11.4 Å². The third-order valence-electron chi connectivity index (χ3n) is 5.67. The molecule has 7 heteroatoms. The van der Waals surface area contributed by atoms with Crippen molar-refractivity contribution in [1.29, 1.82) is 0 Å². The number of carbonyl (C=O) groups is 1. The summed E-state index contributed by atoms with van der Waals surface area (Å²) in [5.74, 6) is 0.877. The maximum absolute atomic E-state index is 13.7. The normalized spacial score (nSPS) is 11.9. The summed E-state index contributed by atoms with van der Waals surface area (Å²) in [6.07, 6.45) is 0.566. The number of nitrogens with zero attached hydrogens (tertiary/aromatic N) is 3. The molecule has 0 saturated carbocycles. The second-order valence-corrected chi connectivity index (χ2v) is 8.57. The lowest BCUT2D eigenvalue weighted by Crippen LogP contribution is -2.36. The highest BCUT2D eigenvalue weighted by Crippen LogP contribution is 2.29. The van der Waals surface area contributed by atoms with Crippen LogP contribution in [0.4, 0.5) is 0 Å². The van der Waals surface area contributed by atoms with Crippen molar-refractivity contribution in [1.82, 2.24) is 14.5 Å². The van der Waals surface area contributed by atoms with Crippen LogP contribution >= 0.6 is 15.9 Å². The van der Waals surface area contributed by atoms with E-state index in [9.17, 15) is 9.59 Å². The summed E-state index contributed by atoms with van der Waals surface area (Å²) in [4.78, 5) is 33.6. The monoisotopic (exact) mass is 505 g/mol. The molecular formula is C26H24BrN3O3. The van der Waals surface area contributed by atoms with Gasteiger partial charge in [-0.25, -0.2) is 4.98 Å². The van der Waals surface area contributed by atoms with Crippen LogP contribution in [0.2, 0.25) is 0 Å². The van der Waals surface area contributed by atoms with Gasteiger partial charge in [0.2, 0.25) is 0 Å². The lowest BCUT2D eigenvalue weighted by Gasteiger charge is -2.29. The first kappa shape index (κ1) is 22.7. The zero-order chi connectivity index (χ0) is 23.5. The minimum atomic E-state index is -0.446. The van der Waals surface area contributed by atoms with Crippen LogP contribution in [-0.2, 0) is 0 Å². The molecule has 0 aliphatic carbocycles. The molecule has 168 valence electrons. The van der Waals surface area contributed by atoms with Gasteiger partial charge in [-0.2, -0.15) is 0 Å². The second-order valence-electron chi connectivity index (χ2n) is 7.65. The number of halogens is 1. The summed E-state index contributed by atoms with van der Waals surface area (Å²) in [6.45, 7) is 1.98. The van der Waals surface area contributed by atoms with Gasteiger partial charge in [-0.3, -0.25) is 14.2 Å². The molecule has 1 aromatic heterocycles. The number of fused-ring (bicyclic) bond motifs is 1. The van der Waals surface area contributed by atoms with Crippen LogP contribution in [0, 0.1) is 0 Å². The molecule has 1 heterocycles. The number of hydrogen-bond donors (Lipinski definition) is 0. The van der Waals surface area contributed by atoms with Gasteiger partial charge in [0.1, 0.15) is 11.6 Å². The number of benzene rings is 3. The molecule has 6 nitrogen and oxygen atoms in total. The predicted octanol–water partition coefficient (Wildman–Crippen LogP) is 5.38. The molecule has 1 amide bonds. The molecule has 3 aromatic carbocycles. The van der Waals surface area contributed by atoms with Crippen LogP contribution in [0.3, 0.4) is 0 Å². The number of rotatable bonds is 6. The van der Waals surface area contributed by atoms with E-state index in [1.807, 2.05) is 55.5 Å². The molecule has 1 unspecified atom stereocenters. The fourth-order valence-corrected chi connectivity index (χ4v) is 4.42. The number of amides is 1. The van der Waals surface area contributed by atoms with Gasteiger partial charge in [0.15, 0.2) is 0 Å². The van der Waals surface area contributed by atoms with E-state index >= 15 is 0 Å². The lowest BCUT2D eigenvalue weighted by atomic mass is 10.1. The summed E-state index contributed by atoms with van der Waals surface area (Å²) in [5.41, 5.74) is 1.52. The van der Waals surface area contributed by atoms with Crippen LogP contribution in [0.5, 0.6) is 5.75 Å². The van der Waals surface area contributed by atoms with Gasteiger partial charge >= 0.3 is 0 Å². The van der Waals surface area contributed by atoms with E-state index in [4.69, 9.17) is 9.72 Å². The molecule has 0 N–H and O–H groups in total. The fraction of sp³-hybridized carbons (Fsp3) is 0.192. The summed E-state index contributed by atoms with van der Waals surface area (Å²) < 4.78 is 7.95. The van der Waals surface area contributed by atoms with Crippen molar-refractivity contribution in [3.63, 3.8) is 0 Å². The summed E-state index contributed by atoms with van der Waals surface area (Å²) in [5, 5.41) is 0.503. The molecule has 0 aliphatic heterocycles. The quantitative estimate of drug-likeness (QED) is 0.352. The number of methoxy groups -OCH3 is 1. The highest BCUT2D eigenvalue weighted by atomic mass is 79.9. The van der Waals surface area contributed by atoms with Gasteiger partial charge in [0.05, 0.1) is 29.7 Å². The van der Waals surface area contributed by atoms with Crippen LogP contribution in [-0.4, -0.2) is 34.5 Å². The van der Waals surface area contributed by atoms with E-state index in [0.29, 0.717) is 40.1 Å². The Bertz CT molecular complexity index is 1380. The Hall–Kier alpha value is -3.45. The summed E-state index contributed by atoms with van der Waals surface area (Å²) in [7, 11) is 3.31. The van der Waals surface area contributed by atoms with Crippen molar-refractivity contribution in [2.45, 2.75) is 19.4 Å². The van der Waals surface area contributed by atoms with E-state index in [0.717, 1.165) is 4.47 Å². The zero-order valence-electron chi connectivity index (χ0n) is 18.7. The van der Waals surface area contributed by atoms with Crippen LogP contribution < -0.4 is 10.3 Å². The van der Waals surface area contributed by atoms with Gasteiger partial charge in [-0.1, -0.05) is 53.2 Å². The maximum atomic E-state index is 13.7. The molecule has 4 aromatic rings. The Morgan fingerprint density at radius 2 is 1.82 bits per heavy atom. The number of carbonyl (C=O) groups excluding carboxylic acids is 1. The molecular weight excluding hydrogens is 482 g/mol. The highest BCUT2D eigenvalue weighted by molar-refractivity contribution is 9.10. The molecule has 0 radical (unpaired) electrons. The molecule has 0 saturated heterocycles. The number of para-hydroxylation sites is 3. The van der Waals surface area contributed by atoms with Gasteiger partial charge in [-0.05, 0) is 48.9 Å². The van der Waals surface area contributed by atoms with E-state index in [1.165, 1.54) is 0 Å². The first-order valence-corrected chi connectivity index (χ1v) is 11.4. The number of ether oxygens (including phenoxy) is 1. The van der Waals surface area contributed by atoms with E-state index in [1.54, 1.807) is 47.9 Å². The third-order valence-corrected chi connectivity index (χ3v) is 6.17. The van der Waals surface area contributed by atoms with Crippen LogP contribution in [0.25, 0.3) is 16.6 Å². The van der Waals surface area contributed by atoms with E-state index < -0.39 is 6.04 Å². The van der Waals surface area contributed by atoms with Crippen molar-refractivity contribution in [2.24, 2.45) is 0 Å². The second kappa shape index (κ2) is 9.58. The minimum absolute atomic E-state index is 0.155. The Labute approximate surface area is 200 Å². The van der Waals surface area contributed by atoms with Gasteiger partial charge in [0.25, 0.3) is 11.5 Å². The molecule has 33 heavy (non-hydrogen) atoms. The van der Waals surface area contributed by atoms with Gasteiger partial charge < -0.3 is 9.64 Å². The SMILES string of the molecule is CCC(c1nc2ccccc2c(=O)n1-c1ccccc1OC)N(C)C(=O)c1cccc(Br)c1. The van der Waals surface area contributed by atoms with E-state index in [-0.39, 0.29) is 11.5 Å². The minimum Gasteiger partial charge on any atom is -0.495 e.